The number of nitrogens with one attached hydrogen (secondary N) is 1. The lowest BCUT2D eigenvalue weighted by molar-refractivity contribution is 0.0926. The van der Waals surface area contributed by atoms with Gasteiger partial charge < -0.3 is 14.6 Å². The summed E-state index contributed by atoms with van der Waals surface area (Å²) in [5.41, 5.74) is 0.743. The molecule has 5 nitrogen and oxygen atoms in total. The molecule has 0 radical (unpaired) electrons. The van der Waals surface area contributed by atoms with E-state index < -0.39 is 23.3 Å². The number of para-hydroxylation sites is 1. The first-order valence-electron chi connectivity index (χ1n) is 8.56. The van der Waals surface area contributed by atoms with Crippen LogP contribution < -0.4 is 10.1 Å². The summed E-state index contributed by atoms with van der Waals surface area (Å²) in [7, 11) is 0. The molecule has 0 saturated heterocycles. The Kier molecular flexibility index (Phi) is 5.98. The lowest BCUT2D eigenvalue weighted by atomic mass is 10.0. The predicted octanol–water partition coefficient (Wildman–Crippen LogP) is 4.55. The number of hydrogen-bond donors (Lipinski definition) is 1. The molecule has 3 aromatic rings. The molecule has 0 aliphatic rings. The van der Waals surface area contributed by atoms with Crippen LogP contribution in [0.4, 0.5) is 13.2 Å². The number of carbonyl (C=O) groups excluding carboxylic acids is 1. The van der Waals surface area contributed by atoms with Crippen LogP contribution >= 0.6 is 0 Å². The molecule has 0 bridgehead atoms. The van der Waals surface area contributed by atoms with E-state index in [1.165, 1.54) is 24.3 Å². The summed E-state index contributed by atoms with van der Waals surface area (Å²) in [6.07, 6.45) is 0.581. The average Bonchev–Trinajstić information content (AvgIpc) is 3.15. The predicted molar refractivity (Wildman–Crippen MR) is 94.1 cm³/mol. The molecular weight excluding hydrogens is 373 g/mol. The van der Waals surface area contributed by atoms with Crippen LogP contribution in [-0.2, 0) is 6.61 Å². The van der Waals surface area contributed by atoms with Crippen LogP contribution in [0.3, 0.4) is 0 Å². The Morgan fingerprint density at radius 3 is 2.46 bits per heavy atom. The summed E-state index contributed by atoms with van der Waals surface area (Å²) in [4.78, 5) is 12.4. The Balaban J connectivity index is 1.64. The average molecular weight is 390 g/mol. The van der Waals surface area contributed by atoms with Crippen molar-refractivity contribution in [3.05, 3.63) is 83.0 Å². The van der Waals surface area contributed by atoms with Gasteiger partial charge in [0.25, 0.3) is 5.91 Å². The van der Waals surface area contributed by atoms with Crippen molar-refractivity contribution in [1.29, 1.82) is 0 Å². The Bertz CT molecular complexity index is 937. The van der Waals surface area contributed by atoms with E-state index >= 15 is 0 Å². The number of amides is 1. The molecule has 0 unspecified atom stereocenters. The van der Waals surface area contributed by atoms with Crippen LogP contribution in [0.25, 0.3) is 0 Å². The van der Waals surface area contributed by atoms with E-state index in [4.69, 9.17) is 9.26 Å². The van der Waals surface area contributed by atoms with Gasteiger partial charge in [0.2, 0.25) is 0 Å². The lowest BCUT2D eigenvalue weighted by Gasteiger charge is -2.16. The Labute approximate surface area is 159 Å². The number of halogens is 3. The molecule has 0 aliphatic carbocycles. The largest absolute Gasteiger partial charge is 0.479 e. The zero-order chi connectivity index (χ0) is 20.1. The number of rotatable bonds is 7. The summed E-state index contributed by atoms with van der Waals surface area (Å²) >= 11 is 0. The molecule has 2 aromatic carbocycles. The second-order valence-electron chi connectivity index (χ2n) is 6.00. The fourth-order valence-electron chi connectivity index (χ4n) is 2.60. The van der Waals surface area contributed by atoms with Gasteiger partial charge in [-0.3, -0.25) is 4.79 Å². The fraction of sp³-hybridized carbons (Fsp3) is 0.200. The molecule has 0 aliphatic heterocycles. The monoisotopic (exact) mass is 390 g/mol. The summed E-state index contributed by atoms with van der Waals surface area (Å²) in [6.45, 7) is 1.58. The van der Waals surface area contributed by atoms with Crippen molar-refractivity contribution in [2.45, 2.75) is 26.0 Å². The number of nitrogens with zero attached hydrogens (tertiary/aromatic N) is 1. The van der Waals surface area contributed by atoms with Gasteiger partial charge in [-0.1, -0.05) is 30.3 Å². The van der Waals surface area contributed by atoms with Gasteiger partial charge in [-0.2, -0.15) is 0 Å². The van der Waals surface area contributed by atoms with Gasteiger partial charge in [0, 0.05) is 6.07 Å². The van der Waals surface area contributed by atoms with Gasteiger partial charge in [-0.15, -0.1) is 0 Å². The van der Waals surface area contributed by atoms with Crippen LogP contribution in [0.1, 0.15) is 41.2 Å². The second-order valence-corrected chi connectivity index (χ2v) is 6.00. The second kappa shape index (κ2) is 8.60. The molecule has 8 heteroatoms. The summed E-state index contributed by atoms with van der Waals surface area (Å²) in [6, 6.07) is 10.2. The molecule has 28 heavy (non-hydrogen) atoms. The molecule has 1 aromatic heterocycles. The number of ether oxygens (including phenoxy) is 1. The van der Waals surface area contributed by atoms with Crippen LogP contribution in [0.2, 0.25) is 0 Å². The minimum atomic E-state index is -0.845. The maximum atomic E-state index is 13.6. The molecule has 0 spiro atoms. The van der Waals surface area contributed by atoms with Crippen LogP contribution in [0.15, 0.2) is 53.1 Å². The molecule has 3 rings (SSSR count). The number of carbonyl (C=O) groups is 1. The molecule has 0 saturated carbocycles. The molecule has 1 atom stereocenters. The molecule has 1 heterocycles. The van der Waals surface area contributed by atoms with E-state index in [-0.39, 0.29) is 29.9 Å². The maximum Gasteiger partial charge on any atom is 0.273 e. The fourth-order valence-corrected chi connectivity index (χ4v) is 2.60. The van der Waals surface area contributed by atoms with E-state index in [9.17, 15) is 18.0 Å². The van der Waals surface area contributed by atoms with Crippen molar-refractivity contribution >= 4 is 5.91 Å². The highest BCUT2D eigenvalue weighted by Crippen LogP contribution is 2.22. The number of aromatic nitrogens is 1. The molecule has 146 valence electrons. The van der Waals surface area contributed by atoms with Gasteiger partial charge >= 0.3 is 0 Å². The summed E-state index contributed by atoms with van der Waals surface area (Å²) in [5, 5.41) is 6.43. The molecule has 1 amide bonds. The van der Waals surface area contributed by atoms with E-state index in [0.717, 1.165) is 17.7 Å². The van der Waals surface area contributed by atoms with Crippen LogP contribution in [0.5, 0.6) is 5.75 Å². The number of benzene rings is 2. The third kappa shape index (κ3) is 4.51. The van der Waals surface area contributed by atoms with Crippen LogP contribution in [0, 0.1) is 17.5 Å². The highest BCUT2D eigenvalue weighted by Gasteiger charge is 2.18. The van der Waals surface area contributed by atoms with Crippen molar-refractivity contribution < 1.29 is 27.2 Å². The first-order chi connectivity index (χ1) is 13.5. The molecule has 0 fully saturated rings. The maximum absolute atomic E-state index is 13.6. The Hall–Kier alpha value is -3.29. The van der Waals surface area contributed by atoms with Gasteiger partial charge in [-0.05, 0) is 36.2 Å². The highest BCUT2D eigenvalue weighted by molar-refractivity contribution is 5.92. The Morgan fingerprint density at radius 1 is 1.14 bits per heavy atom. The summed E-state index contributed by atoms with van der Waals surface area (Å²) < 4.78 is 50.2. The molecular formula is C20H17F3N2O3. The van der Waals surface area contributed by atoms with E-state index in [2.05, 4.69) is 10.5 Å². The van der Waals surface area contributed by atoms with Gasteiger partial charge in [0.1, 0.15) is 12.4 Å². The van der Waals surface area contributed by atoms with Crippen molar-refractivity contribution in [1.82, 2.24) is 10.5 Å². The summed E-state index contributed by atoms with van der Waals surface area (Å²) in [5.74, 6) is -2.96. The first-order valence-corrected chi connectivity index (χ1v) is 8.56. The lowest BCUT2D eigenvalue weighted by Crippen LogP contribution is -2.28. The SMILES string of the molecule is CC[C@@H](NC(=O)c1cc(COc2c(F)cccc2F)on1)c1ccc(F)cc1. The quantitative estimate of drug-likeness (QED) is 0.643. The minimum Gasteiger partial charge on any atom is -0.479 e. The minimum absolute atomic E-state index is 0.00633. The third-order valence-electron chi connectivity index (χ3n) is 4.06. The van der Waals surface area contributed by atoms with Gasteiger partial charge in [0.15, 0.2) is 28.8 Å². The van der Waals surface area contributed by atoms with E-state index in [1.54, 1.807) is 12.1 Å². The van der Waals surface area contributed by atoms with Gasteiger partial charge in [-0.25, -0.2) is 13.2 Å². The number of hydrogen-bond acceptors (Lipinski definition) is 4. The normalized spacial score (nSPS) is 11.9. The standard InChI is InChI=1S/C20H17F3N2O3/c1-2-17(12-6-8-13(21)9-7-12)24-20(26)18-10-14(28-25-18)11-27-19-15(22)4-3-5-16(19)23/h3-10,17H,2,11H2,1H3,(H,24,26)/t17-/m1/s1. The topological polar surface area (TPSA) is 64.4 Å². The highest BCUT2D eigenvalue weighted by atomic mass is 19.1. The zero-order valence-corrected chi connectivity index (χ0v) is 14.9. The third-order valence-corrected chi connectivity index (χ3v) is 4.06. The van der Waals surface area contributed by atoms with E-state index in [0.29, 0.717) is 6.42 Å². The molecule has 1 N–H and O–H groups in total. The smallest absolute Gasteiger partial charge is 0.273 e. The van der Waals surface area contributed by atoms with Crippen molar-refractivity contribution in [2.24, 2.45) is 0 Å². The first kappa shape index (κ1) is 19.5. The Morgan fingerprint density at radius 2 is 1.82 bits per heavy atom. The van der Waals surface area contributed by atoms with Crippen LogP contribution in [-0.4, -0.2) is 11.1 Å². The van der Waals surface area contributed by atoms with Crippen molar-refractivity contribution in [2.75, 3.05) is 0 Å². The zero-order valence-electron chi connectivity index (χ0n) is 14.9. The van der Waals surface area contributed by atoms with E-state index in [1.807, 2.05) is 6.92 Å². The van der Waals surface area contributed by atoms with Crippen molar-refractivity contribution in [3.8, 4) is 5.75 Å². The van der Waals surface area contributed by atoms with Crippen molar-refractivity contribution in [3.63, 3.8) is 0 Å². The van der Waals surface area contributed by atoms with Gasteiger partial charge in [0.05, 0.1) is 6.04 Å².